The first kappa shape index (κ1) is 33.7. The smallest absolute Gasteiger partial charge is 0.299 e. The Balaban J connectivity index is 1.83. The normalized spacial score (nSPS) is 11.1. The van der Waals surface area contributed by atoms with Gasteiger partial charge in [0, 0.05) is 19.2 Å². The molecule has 218 valence electrons. The van der Waals surface area contributed by atoms with Crippen LogP contribution in [0.5, 0.6) is 0 Å². The van der Waals surface area contributed by atoms with Gasteiger partial charge in [0.1, 0.15) is 5.69 Å². The number of nitro groups is 2. The molecule has 0 bridgehead atoms. The van der Waals surface area contributed by atoms with Crippen molar-refractivity contribution in [3.63, 3.8) is 0 Å². The summed E-state index contributed by atoms with van der Waals surface area (Å²) in [4.78, 5) is 20.6. The third-order valence-electron chi connectivity index (χ3n) is 6.34. The van der Waals surface area contributed by atoms with Crippen LogP contribution in [0.1, 0.15) is 96.8 Å². The van der Waals surface area contributed by atoms with Crippen molar-refractivity contribution < 1.29 is 24.1 Å². The Bertz CT molecular complexity index is 749. The molecule has 0 saturated carbocycles. The molecule has 0 atom stereocenters. The number of hydrogen-bond acceptors (Lipinski definition) is 8. The van der Waals surface area contributed by atoms with Crippen molar-refractivity contribution in [3.05, 3.63) is 38.4 Å². The van der Waals surface area contributed by atoms with Gasteiger partial charge >= 0.3 is 0 Å². The minimum atomic E-state index is -0.661. The van der Waals surface area contributed by atoms with Gasteiger partial charge < -0.3 is 19.5 Å². The van der Waals surface area contributed by atoms with E-state index >= 15 is 0 Å². The van der Waals surface area contributed by atoms with E-state index < -0.39 is 9.85 Å². The third-order valence-corrected chi connectivity index (χ3v) is 6.34. The number of anilines is 1. The fourth-order valence-corrected chi connectivity index (χ4v) is 4.13. The summed E-state index contributed by atoms with van der Waals surface area (Å²) in [7, 11) is 0. The lowest BCUT2D eigenvalue weighted by molar-refractivity contribution is -0.393. The molecule has 1 rings (SSSR count). The molecule has 0 spiro atoms. The molecule has 10 heteroatoms. The maximum atomic E-state index is 11.1. The molecule has 1 N–H and O–H groups in total. The molecule has 0 aromatic heterocycles. The molecule has 1 aromatic rings. The number of unbranched alkanes of at least 4 members (excludes halogenated alkanes) is 13. The fourth-order valence-electron chi connectivity index (χ4n) is 4.13. The zero-order valence-corrected chi connectivity index (χ0v) is 23.3. The molecule has 0 aliphatic carbocycles. The van der Waals surface area contributed by atoms with Crippen LogP contribution in [-0.4, -0.2) is 56.0 Å². The molecule has 0 unspecified atom stereocenters. The van der Waals surface area contributed by atoms with Crippen molar-refractivity contribution in [2.75, 3.05) is 51.5 Å². The second-order valence-corrected chi connectivity index (χ2v) is 9.58. The highest BCUT2D eigenvalue weighted by atomic mass is 16.6. The Morgan fingerprint density at radius 3 is 1.61 bits per heavy atom. The Labute approximate surface area is 228 Å². The minimum absolute atomic E-state index is 0.219. The maximum Gasteiger partial charge on any atom is 0.299 e. The van der Waals surface area contributed by atoms with E-state index in [1.165, 1.54) is 95.6 Å². The van der Waals surface area contributed by atoms with Gasteiger partial charge in [-0.1, -0.05) is 90.4 Å². The summed E-state index contributed by atoms with van der Waals surface area (Å²) in [6.45, 7) is 5.65. The quantitative estimate of drug-likeness (QED) is 0.0694. The molecule has 0 radical (unpaired) electrons. The lowest BCUT2D eigenvalue weighted by Gasteiger charge is -2.09. The van der Waals surface area contributed by atoms with Crippen molar-refractivity contribution >= 4 is 17.1 Å². The first-order valence-electron chi connectivity index (χ1n) is 14.5. The number of rotatable bonds is 27. The SMILES string of the molecule is CCCCCCCCCCCCCCCCOCCOCCOCCNc1ccc([N+](=O)[O-])cc1[N+](=O)[O-]. The highest BCUT2D eigenvalue weighted by Crippen LogP contribution is 2.28. The van der Waals surface area contributed by atoms with Gasteiger partial charge in [-0.25, -0.2) is 0 Å². The molecule has 0 aliphatic rings. The van der Waals surface area contributed by atoms with Gasteiger partial charge in [0.05, 0.1) is 48.9 Å². The molecule has 0 amide bonds. The average molecular weight is 540 g/mol. The van der Waals surface area contributed by atoms with E-state index in [4.69, 9.17) is 14.2 Å². The van der Waals surface area contributed by atoms with Crippen LogP contribution in [0.2, 0.25) is 0 Å². The van der Waals surface area contributed by atoms with Crippen molar-refractivity contribution in [1.82, 2.24) is 0 Å². The summed E-state index contributed by atoms with van der Waals surface area (Å²) in [6.07, 6.45) is 18.9. The molecule has 0 heterocycles. The summed E-state index contributed by atoms with van der Waals surface area (Å²) in [5.74, 6) is 0. The van der Waals surface area contributed by atoms with Crippen molar-refractivity contribution in [1.29, 1.82) is 0 Å². The third kappa shape index (κ3) is 18.0. The Morgan fingerprint density at radius 2 is 1.11 bits per heavy atom. The van der Waals surface area contributed by atoms with Gasteiger partial charge in [-0.3, -0.25) is 20.2 Å². The van der Waals surface area contributed by atoms with E-state index in [1.807, 2.05) is 0 Å². The number of nitro benzene ring substituents is 2. The van der Waals surface area contributed by atoms with Crippen molar-refractivity contribution in [2.45, 2.75) is 96.8 Å². The second-order valence-electron chi connectivity index (χ2n) is 9.58. The van der Waals surface area contributed by atoms with Crippen molar-refractivity contribution in [3.8, 4) is 0 Å². The molecule has 0 fully saturated rings. The van der Waals surface area contributed by atoms with Crippen LogP contribution >= 0.6 is 0 Å². The van der Waals surface area contributed by atoms with Gasteiger partial charge in [-0.15, -0.1) is 0 Å². The summed E-state index contributed by atoms with van der Waals surface area (Å²) >= 11 is 0. The number of nitrogens with zero attached hydrogens (tertiary/aromatic N) is 2. The highest BCUT2D eigenvalue weighted by Gasteiger charge is 2.18. The lowest BCUT2D eigenvalue weighted by atomic mass is 10.0. The lowest BCUT2D eigenvalue weighted by Crippen LogP contribution is -2.14. The monoisotopic (exact) mass is 539 g/mol. The van der Waals surface area contributed by atoms with E-state index in [9.17, 15) is 20.2 Å². The molecular weight excluding hydrogens is 490 g/mol. The van der Waals surface area contributed by atoms with E-state index in [-0.39, 0.29) is 17.1 Å². The van der Waals surface area contributed by atoms with Crippen LogP contribution in [0.25, 0.3) is 0 Å². The standard InChI is InChI=1S/C28H49N3O7/c1-2-3-4-5-6-7-8-9-10-11-12-13-14-15-19-36-21-23-38-24-22-37-20-18-29-27-17-16-26(30(32)33)25-28(27)31(34)35/h16-17,25,29H,2-15,18-24H2,1H3. The topological polar surface area (TPSA) is 126 Å². The van der Waals surface area contributed by atoms with Crippen LogP contribution in [0.3, 0.4) is 0 Å². The van der Waals surface area contributed by atoms with Crippen LogP contribution in [-0.2, 0) is 14.2 Å². The first-order chi connectivity index (χ1) is 18.6. The summed E-state index contributed by atoms with van der Waals surface area (Å²) < 4.78 is 16.5. The summed E-state index contributed by atoms with van der Waals surface area (Å²) in [5.41, 5.74) is -0.438. The first-order valence-corrected chi connectivity index (χ1v) is 14.5. The van der Waals surface area contributed by atoms with Crippen molar-refractivity contribution in [2.24, 2.45) is 0 Å². The van der Waals surface area contributed by atoms with Gasteiger partial charge in [0.15, 0.2) is 0 Å². The van der Waals surface area contributed by atoms with Crippen LogP contribution in [0, 0.1) is 20.2 Å². The predicted octanol–water partition coefficient (Wildman–Crippen LogP) is 7.45. The second kappa shape index (κ2) is 23.8. The Kier molecular flexibility index (Phi) is 21.1. The Morgan fingerprint density at radius 1 is 0.632 bits per heavy atom. The molecule has 38 heavy (non-hydrogen) atoms. The van der Waals surface area contributed by atoms with E-state index in [0.29, 0.717) is 39.6 Å². The fraction of sp³-hybridized carbons (Fsp3) is 0.786. The molecule has 10 nitrogen and oxygen atoms in total. The van der Waals surface area contributed by atoms with Crippen LogP contribution in [0.4, 0.5) is 17.1 Å². The van der Waals surface area contributed by atoms with Gasteiger partial charge in [0.25, 0.3) is 11.4 Å². The molecular formula is C28H49N3O7. The Hall–Kier alpha value is -2.30. The zero-order valence-electron chi connectivity index (χ0n) is 23.3. The maximum absolute atomic E-state index is 11.1. The van der Waals surface area contributed by atoms with Gasteiger partial charge in [0.2, 0.25) is 0 Å². The average Bonchev–Trinajstić information content (AvgIpc) is 2.91. The summed E-state index contributed by atoms with van der Waals surface area (Å²) in [6, 6.07) is 3.50. The largest absolute Gasteiger partial charge is 0.379 e. The van der Waals surface area contributed by atoms with Crippen LogP contribution in [0.15, 0.2) is 18.2 Å². The van der Waals surface area contributed by atoms with E-state index in [2.05, 4.69) is 12.2 Å². The molecule has 0 aliphatic heterocycles. The minimum Gasteiger partial charge on any atom is -0.379 e. The van der Waals surface area contributed by atoms with Gasteiger partial charge in [-0.05, 0) is 12.5 Å². The van der Waals surface area contributed by atoms with E-state index in [0.717, 1.165) is 19.1 Å². The zero-order chi connectivity index (χ0) is 27.7. The van der Waals surface area contributed by atoms with E-state index in [1.54, 1.807) is 0 Å². The molecule has 0 saturated heterocycles. The number of nitrogens with one attached hydrogen (secondary N) is 1. The number of ether oxygens (including phenoxy) is 3. The molecule has 1 aromatic carbocycles. The number of benzene rings is 1. The van der Waals surface area contributed by atoms with Crippen LogP contribution < -0.4 is 5.32 Å². The number of non-ortho nitro benzene ring substituents is 1. The summed E-state index contributed by atoms with van der Waals surface area (Å²) in [5, 5.41) is 24.8. The van der Waals surface area contributed by atoms with Gasteiger partial charge in [-0.2, -0.15) is 0 Å². The predicted molar refractivity (Wildman–Crippen MR) is 151 cm³/mol. The number of hydrogen-bond donors (Lipinski definition) is 1. The highest BCUT2D eigenvalue weighted by molar-refractivity contribution is 5.65.